The minimum Gasteiger partial charge on any atom is -0.488 e. The molecule has 1 aromatic carbocycles. The van der Waals surface area contributed by atoms with Crippen molar-refractivity contribution < 1.29 is 19.1 Å². The molecule has 0 aliphatic heterocycles. The molecule has 0 unspecified atom stereocenters. The first-order chi connectivity index (χ1) is 17.5. The molecule has 0 radical (unpaired) electrons. The van der Waals surface area contributed by atoms with Crippen molar-refractivity contribution in [2.45, 2.75) is 68.9 Å². The van der Waals surface area contributed by atoms with Crippen LogP contribution in [-0.4, -0.2) is 57.2 Å². The number of rotatable bonds is 21. The van der Waals surface area contributed by atoms with Crippen LogP contribution in [0, 0.1) is 0 Å². The van der Waals surface area contributed by atoms with Crippen LogP contribution in [0.3, 0.4) is 0 Å². The van der Waals surface area contributed by atoms with Crippen molar-refractivity contribution in [3.05, 3.63) is 23.3 Å². The number of amides is 2. The quantitative estimate of drug-likeness (QED) is 0.0923. The zero-order chi connectivity index (χ0) is 26.6. The van der Waals surface area contributed by atoms with E-state index in [0.717, 1.165) is 49.7 Å². The van der Waals surface area contributed by atoms with E-state index in [1.807, 2.05) is 12.1 Å². The average molecular weight is 544 g/mol. The first-order valence-electron chi connectivity index (χ1n) is 12.8. The highest BCUT2D eigenvalue weighted by molar-refractivity contribution is 7.79. The normalized spacial score (nSPS) is 11.7. The smallest absolute Gasteiger partial charge is 0.237 e. The highest BCUT2D eigenvalue weighted by Crippen LogP contribution is 2.32. The lowest BCUT2D eigenvalue weighted by Crippen LogP contribution is -2.42. The van der Waals surface area contributed by atoms with Crippen LogP contribution in [0.4, 0.5) is 0 Å². The number of ether oxygens (including phenoxy) is 2. The lowest BCUT2D eigenvalue weighted by atomic mass is 10.1. The second-order valence-corrected chi connectivity index (χ2v) is 9.20. The number of thiol groups is 2. The fourth-order valence-corrected chi connectivity index (χ4v) is 4.08. The van der Waals surface area contributed by atoms with Gasteiger partial charge in [-0.15, -0.1) is 0 Å². The van der Waals surface area contributed by atoms with Gasteiger partial charge in [0.25, 0.3) is 0 Å². The van der Waals surface area contributed by atoms with Crippen molar-refractivity contribution >= 4 is 37.1 Å². The molecule has 1 aromatic rings. The summed E-state index contributed by atoms with van der Waals surface area (Å²) in [4.78, 5) is 24.1. The van der Waals surface area contributed by atoms with E-state index in [1.165, 1.54) is 0 Å². The summed E-state index contributed by atoms with van der Waals surface area (Å²) in [6.07, 6.45) is 6.68. The molecule has 2 amide bonds. The molecule has 0 aliphatic rings. The fourth-order valence-electron chi connectivity index (χ4n) is 3.49. The molecule has 0 bridgehead atoms. The topological polar surface area (TPSA) is 155 Å². The molecule has 1 rings (SSSR count). The maximum Gasteiger partial charge on any atom is 0.237 e. The average Bonchev–Trinajstić information content (AvgIpc) is 2.88. The number of unbranched alkanes of at least 4 members (excludes halogenated alkanes) is 4. The third-order valence-corrected chi connectivity index (χ3v) is 6.29. The fraction of sp³-hybridized carbons (Fsp3) is 0.680. The van der Waals surface area contributed by atoms with E-state index < -0.39 is 6.04 Å². The van der Waals surface area contributed by atoms with Gasteiger partial charge in [0, 0.05) is 17.9 Å². The number of nitrogens with two attached hydrogens (primary N) is 3. The highest BCUT2D eigenvalue weighted by Gasteiger charge is 2.14. The van der Waals surface area contributed by atoms with Gasteiger partial charge in [-0.3, -0.25) is 9.59 Å². The summed E-state index contributed by atoms with van der Waals surface area (Å²) in [7, 11) is 0. The van der Waals surface area contributed by atoms with Gasteiger partial charge in [-0.1, -0.05) is 19.3 Å². The van der Waals surface area contributed by atoms with Crippen LogP contribution >= 0.6 is 25.3 Å². The summed E-state index contributed by atoms with van der Waals surface area (Å²) in [5.74, 6) is 1.99. The largest absolute Gasteiger partial charge is 0.488 e. The van der Waals surface area contributed by atoms with Gasteiger partial charge in [-0.05, 0) is 62.0 Å². The predicted octanol–water partition coefficient (Wildman–Crippen LogP) is 1.90. The van der Waals surface area contributed by atoms with E-state index in [2.05, 4.69) is 35.9 Å². The Bertz CT molecular complexity index is 770. The molecule has 0 saturated heterocycles. The molecule has 11 heteroatoms. The summed E-state index contributed by atoms with van der Waals surface area (Å²) in [6, 6.07) is 3.22. The first kappa shape index (κ1) is 32.4. The third kappa shape index (κ3) is 13.6. The molecule has 0 heterocycles. The number of carbonyl (C=O) groups excluding carboxylic acids is 2. The van der Waals surface area contributed by atoms with Crippen LogP contribution in [0.2, 0.25) is 0 Å². The van der Waals surface area contributed by atoms with Crippen LogP contribution in [-0.2, 0) is 21.1 Å². The van der Waals surface area contributed by atoms with Crippen molar-refractivity contribution in [1.82, 2.24) is 10.6 Å². The summed E-state index contributed by atoms with van der Waals surface area (Å²) < 4.78 is 11.8. The van der Waals surface area contributed by atoms with Crippen LogP contribution in [0.1, 0.15) is 62.5 Å². The Morgan fingerprint density at radius 2 is 1.33 bits per heavy atom. The van der Waals surface area contributed by atoms with E-state index >= 15 is 0 Å². The number of nitrogens with one attached hydrogen (secondary N) is 2. The number of benzene rings is 1. The van der Waals surface area contributed by atoms with Gasteiger partial charge in [-0.25, -0.2) is 0 Å². The number of hydrogen-bond acceptors (Lipinski definition) is 9. The minimum atomic E-state index is -0.554. The Labute approximate surface area is 226 Å². The van der Waals surface area contributed by atoms with E-state index in [1.54, 1.807) is 0 Å². The molecular weight excluding hydrogens is 498 g/mol. The molecule has 0 aliphatic carbocycles. The predicted molar refractivity (Wildman–Crippen MR) is 152 cm³/mol. The Morgan fingerprint density at radius 1 is 0.806 bits per heavy atom. The van der Waals surface area contributed by atoms with Crippen molar-refractivity contribution in [3.63, 3.8) is 0 Å². The minimum absolute atomic E-state index is 0.0151. The van der Waals surface area contributed by atoms with Gasteiger partial charge in [0.15, 0.2) is 11.5 Å². The highest BCUT2D eigenvalue weighted by atomic mass is 32.1. The molecule has 0 aromatic heterocycles. The van der Waals surface area contributed by atoms with Crippen LogP contribution in [0.25, 0.3) is 0 Å². The van der Waals surface area contributed by atoms with Gasteiger partial charge in [0.2, 0.25) is 11.8 Å². The van der Waals surface area contributed by atoms with E-state index in [0.29, 0.717) is 68.6 Å². The van der Waals surface area contributed by atoms with Crippen molar-refractivity contribution in [2.75, 3.05) is 39.4 Å². The van der Waals surface area contributed by atoms with Gasteiger partial charge in [0.1, 0.15) is 13.2 Å². The molecule has 0 saturated carbocycles. The van der Waals surface area contributed by atoms with Gasteiger partial charge < -0.3 is 37.3 Å². The monoisotopic (exact) mass is 543 g/mol. The van der Waals surface area contributed by atoms with E-state index in [9.17, 15) is 9.59 Å². The zero-order valence-corrected chi connectivity index (χ0v) is 23.1. The summed E-state index contributed by atoms with van der Waals surface area (Å²) in [6.45, 7) is 2.55. The maximum absolute atomic E-state index is 12.1. The maximum atomic E-state index is 12.1. The van der Waals surface area contributed by atoms with Gasteiger partial charge >= 0.3 is 0 Å². The lowest BCUT2D eigenvalue weighted by molar-refractivity contribution is -0.123. The molecule has 206 valence electrons. The number of carbonyl (C=O) groups is 2. The first-order valence-corrected chi connectivity index (χ1v) is 14.1. The Morgan fingerprint density at radius 3 is 1.89 bits per heavy atom. The van der Waals surface area contributed by atoms with Crippen molar-refractivity contribution in [2.24, 2.45) is 17.2 Å². The van der Waals surface area contributed by atoms with Gasteiger partial charge in [-0.2, -0.15) is 25.3 Å². The third-order valence-electron chi connectivity index (χ3n) is 5.61. The van der Waals surface area contributed by atoms with Crippen molar-refractivity contribution in [1.29, 1.82) is 0 Å². The summed E-state index contributed by atoms with van der Waals surface area (Å²) >= 11 is 8.80. The van der Waals surface area contributed by atoms with E-state index in [-0.39, 0.29) is 18.4 Å². The van der Waals surface area contributed by atoms with E-state index in [4.69, 9.17) is 26.7 Å². The van der Waals surface area contributed by atoms with Crippen LogP contribution in [0.5, 0.6) is 11.5 Å². The SMILES string of the molecule is NCCCCCCC(=O)NCCOc1cc(CS)c(CS)cc1OCCNC(=O)[C@@H](N)CCCCN. The van der Waals surface area contributed by atoms with Crippen molar-refractivity contribution in [3.8, 4) is 11.5 Å². The zero-order valence-electron chi connectivity index (χ0n) is 21.3. The van der Waals surface area contributed by atoms with Crippen LogP contribution in [0.15, 0.2) is 12.1 Å². The second kappa shape index (κ2) is 20.4. The Balaban J connectivity index is 2.53. The summed E-state index contributed by atoms with van der Waals surface area (Å²) in [5, 5.41) is 5.69. The van der Waals surface area contributed by atoms with Gasteiger partial charge in [0.05, 0.1) is 19.1 Å². The molecule has 9 nitrogen and oxygen atoms in total. The lowest BCUT2D eigenvalue weighted by Gasteiger charge is -2.17. The molecule has 8 N–H and O–H groups in total. The van der Waals surface area contributed by atoms with Crippen LogP contribution < -0.4 is 37.3 Å². The molecule has 0 spiro atoms. The molecule has 36 heavy (non-hydrogen) atoms. The Hall–Kier alpha value is -1.66. The molecular formula is C25H45N5O4S2. The number of hydrogen-bond donors (Lipinski definition) is 7. The summed E-state index contributed by atoms with van der Waals surface area (Å²) in [5.41, 5.74) is 18.9. The molecule has 1 atom stereocenters. The standard InChI is InChI=1S/C25H45N5O4S2/c26-9-5-2-1-3-8-24(31)29-11-13-33-22-15-19(17-35)20(18-36)16-23(22)34-14-12-30-25(32)21(28)7-4-6-10-27/h15-16,21,35-36H,1-14,17-18,26-28H2,(H,29,31)(H,30,32)/t21-/m0/s1. The molecule has 0 fully saturated rings. The second-order valence-electron chi connectivity index (χ2n) is 8.57. The Kier molecular flexibility index (Phi) is 18.3.